The van der Waals surface area contributed by atoms with Crippen LogP contribution in [0.25, 0.3) is 5.69 Å². The Balaban J connectivity index is 1.46. The second-order valence-corrected chi connectivity index (χ2v) is 9.87. The van der Waals surface area contributed by atoms with Gasteiger partial charge in [-0.25, -0.2) is 4.68 Å². The SMILES string of the molecule is CCC(CC)CC1(O)CCN(C(=O)Cc2cc(Oc3ccc(C)cc3)cc(-n3cccn3)c2)CC1. The molecule has 0 spiro atoms. The number of benzene rings is 2. The Morgan fingerprint density at radius 3 is 2.43 bits per heavy atom. The van der Waals surface area contributed by atoms with Crippen LogP contribution in [-0.2, 0) is 11.2 Å². The number of ether oxygens (including phenoxy) is 1. The third kappa shape index (κ3) is 6.51. The van der Waals surface area contributed by atoms with Gasteiger partial charge in [-0.2, -0.15) is 5.10 Å². The lowest BCUT2D eigenvalue weighted by Gasteiger charge is -2.40. The summed E-state index contributed by atoms with van der Waals surface area (Å²) in [6, 6.07) is 15.6. The quantitative estimate of drug-likeness (QED) is 0.431. The van der Waals surface area contributed by atoms with E-state index in [1.807, 2.05) is 66.6 Å². The molecule has 2 aromatic carbocycles. The molecule has 0 bridgehead atoms. The molecule has 1 N–H and O–H groups in total. The molecule has 3 aromatic rings. The van der Waals surface area contributed by atoms with Crippen molar-refractivity contribution >= 4 is 5.91 Å². The summed E-state index contributed by atoms with van der Waals surface area (Å²) in [6.07, 6.45) is 8.17. The normalized spacial score (nSPS) is 15.4. The highest BCUT2D eigenvalue weighted by molar-refractivity contribution is 5.79. The number of piperidine rings is 1. The highest BCUT2D eigenvalue weighted by Gasteiger charge is 2.35. The lowest BCUT2D eigenvalue weighted by Crippen LogP contribution is -2.47. The van der Waals surface area contributed by atoms with Gasteiger partial charge in [0, 0.05) is 31.5 Å². The minimum Gasteiger partial charge on any atom is -0.457 e. The first kappa shape index (κ1) is 25.0. The van der Waals surface area contributed by atoms with E-state index >= 15 is 0 Å². The molecule has 35 heavy (non-hydrogen) atoms. The van der Waals surface area contributed by atoms with Gasteiger partial charge < -0.3 is 14.7 Å². The molecule has 0 atom stereocenters. The Kier molecular flexibility index (Phi) is 7.91. The van der Waals surface area contributed by atoms with Crippen LogP contribution in [-0.4, -0.2) is 44.4 Å². The lowest BCUT2D eigenvalue weighted by molar-refractivity contribution is -0.135. The van der Waals surface area contributed by atoms with E-state index in [2.05, 4.69) is 18.9 Å². The van der Waals surface area contributed by atoms with Crippen LogP contribution in [0.15, 0.2) is 60.9 Å². The third-order valence-corrected chi connectivity index (χ3v) is 7.20. The van der Waals surface area contributed by atoms with E-state index < -0.39 is 5.60 Å². The maximum atomic E-state index is 13.2. The summed E-state index contributed by atoms with van der Waals surface area (Å²) in [5.41, 5.74) is 2.24. The summed E-state index contributed by atoms with van der Waals surface area (Å²) in [6.45, 7) is 7.61. The Bertz CT molecular complexity index is 1100. The largest absolute Gasteiger partial charge is 0.457 e. The summed E-state index contributed by atoms with van der Waals surface area (Å²) in [4.78, 5) is 15.1. The summed E-state index contributed by atoms with van der Waals surface area (Å²) >= 11 is 0. The summed E-state index contributed by atoms with van der Waals surface area (Å²) in [5.74, 6) is 2.04. The first-order valence-corrected chi connectivity index (χ1v) is 12.8. The van der Waals surface area contributed by atoms with Gasteiger partial charge >= 0.3 is 0 Å². The molecule has 1 amide bonds. The van der Waals surface area contributed by atoms with Crippen LogP contribution < -0.4 is 4.74 Å². The number of hydrogen-bond acceptors (Lipinski definition) is 4. The Morgan fingerprint density at radius 1 is 1.09 bits per heavy atom. The molecule has 0 aliphatic carbocycles. The van der Waals surface area contributed by atoms with Crippen LogP contribution in [0.2, 0.25) is 0 Å². The average molecular weight is 476 g/mol. The summed E-state index contributed by atoms with van der Waals surface area (Å²) in [7, 11) is 0. The molecule has 4 rings (SSSR count). The molecule has 1 saturated heterocycles. The molecule has 1 fully saturated rings. The molecule has 0 radical (unpaired) electrons. The number of nitrogens with zero attached hydrogens (tertiary/aromatic N) is 3. The van der Waals surface area contributed by atoms with Crippen molar-refractivity contribution in [1.82, 2.24) is 14.7 Å². The van der Waals surface area contributed by atoms with Crippen molar-refractivity contribution in [1.29, 1.82) is 0 Å². The maximum Gasteiger partial charge on any atom is 0.226 e. The molecule has 186 valence electrons. The molecule has 1 aromatic heterocycles. The molecule has 6 nitrogen and oxygen atoms in total. The second kappa shape index (κ2) is 11.1. The van der Waals surface area contributed by atoms with Crippen molar-refractivity contribution < 1.29 is 14.6 Å². The molecule has 6 heteroatoms. The standard InChI is InChI=1S/C29H37N3O3/c1-4-23(5-2)21-29(34)11-15-31(16-12-29)28(33)19-24-17-25(32-14-6-13-30-32)20-27(18-24)35-26-9-7-22(3)8-10-26/h6-10,13-14,17-18,20,23,34H,4-5,11-12,15-16,19,21H2,1-3H3. The molecule has 0 saturated carbocycles. The van der Waals surface area contributed by atoms with Crippen molar-refractivity contribution in [2.45, 2.75) is 64.9 Å². The highest BCUT2D eigenvalue weighted by atomic mass is 16.5. The number of carbonyl (C=O) groups excluding carboxylic acids is 1. The minimum absolute atomic E-state index is 0.0773. The van der Waals surface area contributed by atoms with Gasteiger partial charge in [-0.3, -0.25) is 4.79 Å². The Morgan fingerprint density at radius 2 is 1.80 bits per heavy atom. The van der Waals surface area contributed by atoms with E-state index in [9.17, 15) is 9.90 Å². The zero-order chi connectivity index (χ0) is 24.8. The second-order valence-electron chi connectivity index (χ2n) is 9.87. The first-order chi connectivity index (χ1) is 16.9. The zero-order valence-corrected chi connectivity index (χ0v) is 21.1. The van der Waals surface area contributed by atoms with Gasteiger partial charge in [-0.1, -0.05) is 44.4 Å². The first-order valence-electron chi connectivity index (χ1n) is 12.8. The Labute approximate surface area is 208 Å². The molecular weight excluding hydrogens is 438 g/mol. The number of amides is 1. The monoisotopic (exact) mass is 475 g/mol. The lowest BCUT2D eigenvalue weighted by atomic mass is 9.81. The molecule has 1 aliphatic heterocycles. The van der Waals surface area contributed by atoms with Gasteiger partial charge in [-0.05, 0) is 68.0 Å². The van der Waals surface area contributed by atoms with E-state index in [-0.39, 0.29) is 12.3 Å². The predicted molar refractivity (Wildman–Crippen MR) is 138 cm³/mol. The van der Waals surface area contributed by atoms with Crippen molar-refractivity contribution in [2.24, 2.45) is 5.92 Å². The van der Waals surface area contributed by atoms with E-state index in [4.69, 9.17) is 4.74 Å². The molecule has 0 unspecified atom stereocenters. The number of carbonyl (C=O) groups is 1. The number of aryl methyl sites for hydroxylation is 1. The van der Waals surface area contributed by atoms with Crippen LogP contribution in [0.1, 0.15) is 57.1 Å². The van der Waals surface area contributed by atoms with Crippen molar-refractivity contribution in [3.05, 3.63) is 72.1 Å². The zero-order valence-electron chi connectivity index (χ0n) is 21.1. The smallest absolute Gasteiger partial charge is 0.226 e. The topological polar surface area (TPSA) is 67.6 Å². The van der Waals surface area contributed by atoms with Crippen LogP contribution in [0.4, 0.5) is 0 Å². The number of aromatic nitrogens is 2. The third-order valence-electron chi connectivity index (χ3n) is 7.20. The fourth-order valence-electron chi connectivity index (χ4n) is 4.88. The molecule has 2 heterocycles. The van der Waals surface area contributed by atoms with Crippen LogP contribution in [0.5, 0.6) is 11.5 Å². The van der Waals surface area contributed by atoms with Gasteiger partial charge in [0.2, 0.25) is 5.91 Å². The van der Waals surface area contributed by atoms with Crippen molar-refractivity contribution in [2.75, 3.05) is 13.1 Å². The molecular formula is C29H37N3O3. The van der Waals surface area contributed by atoms with Crippen LogP contribution in [0.3, 0.4) is 0 Å². The Hall–Kier alpha value is -3.12. The minimum atomic E-state index is -0.650. The van der Waals surface area contributed by atoms with Crippen molar-refractivity contribution in [3.8, 4) is 17.2 Å². The van der Waals surface area contributed by atoms with E-state index in [1.54, 1.807) is 10.9 Å². The van der Waals surface area contributed by atoms with Crippen LogP contribution in [0, 0.1) is 12.8 Å². The van der Waals surface area contributed by atoms with Gasteiger partial charge in [0.15, 0.2) is 0 Å². The molecule has 1 aliphatic rings. The summed E-state index contributed by atoms with van der Waals surface area (Å²) in [5, 5.41) is 15.4. The number of hydrogen-bond donors (Lipinski definition) is 1. The predicted octanol–water partition coefficient (Wildman–Crippen LogP) is 5.70. The van der Waals surface area contributed by atoms with Gasteiger partial charge in [-0.15, -0.1) is 0 Å². The average Bonchev–Trinajstić information content (AvgIpc) is 3.39. The highest BCUT2D eigenvalue weighted by Crippen LogP contribution is 2.32. The van der Waals surface area contributed by atoms with Crippen molar-refractivity contribution in [3.63, 3.8) is 0 Å². The van der Waals surface area contributed by atoms with E-state index in [1.165, 1.54) is 5.56 Å². The maximum absolute atomic E-state index is 13.2. The van der Waals surface area contributed by atoms with Gasteiger partial charge in [0.25, 0.3) is 0 Å². The number of rotatable bonds is 9. The van der Waals surface area contributed by atoms with E-state index in [0.29, 0.717) is 37.6 Å². The number of likely N-dealkylation sites (tertiary alicyclic amines) is 1. The summed E-state index contributed by atoms with van der Waals surface area (Å²) < 4.78 is 7.90. The van der Waals surface area contributed by atoms with Gasteiger partial charge in [0.05, 0.1) is 17.7 Å². The fourth-order valence-corrected chi connectivity index (χ4v) is 4.88. The van der Waals surface area contributed by atoms with E-state index in [0.717, 1.165) is 36.3 Å². The van der Waals surface area contributed by atoms with Crippen LogP contribution >= 0.6 is 0 Å². The number of aliphatic hydroxyl groups is 1. The fraction of sp³-hybridized carbons (Fsp3) is 0.448. The van der Waals surface area contributed by atoms with Gasteiger partial charge in [0.1, 0.15) is 11.5 Å².